The first-order chi connectivity index (χ1) is 13.0. The van der Waals surface area contributed by atoms with Crippen molar-refractivity contribution in [1.82, 2.24) is 21.1 Å². The second kappa shape index (κ2) is 8.05. The molecule has 0 spiro atoms. The third-order valence-corrected chi connectivity index (χ3v) is 3.66. The van der Waals surface area contributed by atoms with Gasteiger partial charge in [-0.05, 0) is 59.6 Å². The summed E-state index contributed by atoms with van der Waals surface area (Å²) in [4.78, 5) is 24.7. The summed E-state index contributed by atoms with van der Waals surface area (Å²) in [5.41, 5.74) is 5.61. The number of benzene rings is 2. The molecule has 136 valence electrons. The fourth-order valence-corrected chi connectivity index (χ4v) is 2.28. The molecule has 1 heterocycles. The fraction of sp³-hybridized carbons (Fsp3) is 0.105. The molecule has 2 N–H and O–H groups in total. The molecule has 0 aliphatic rings. The van der Waals surface area contributed by atoms with Crippen molar-refractivity contribution in [1.29, 1.82) is 0 Å². The van der Waals surface area contributed by atoms with Crippen LogP contribution < -0.4 is 10.7 Å². The molecule has 3 rings (SSSR count). The Morgan fingerprint density at radius 1 is 1.04 bits per heavy atom. The molecule has 8 heteroatoms. The van der Waals surface area contributed by atoms with Gasteiger partial charge >= 0.3 is 0 Å². The first-order valence-corrected chi connectivity index (χ1v) is 8.14. The van der Waals surface area contributed by atoms with E-state index in [0.29, 0.717) is 27.7 Å². The van der Waals surface area contributed by atoms with Crippen LogP contribution in [0, 0.1) is 0 Å². The maximum atomic E-state index is 12.4. The van der Waals surface area contributed by atoms with Crippen molar-refractivity contribution < 1.29 is 14.2 Å². The number of carbonyl (C=O) groups is 2. The predicted molar refractivity (Wildman–Crippen MR) is 99.8 cm³/mol. The number of carbonyl (C=O) groups excluding carboxylic acids is 2. The zero-order valence-corrected chi connectivity index (χ0v) is 14.8. The summed E-state index contributed by atoms with van der Waals surface area (Å²) in [5.74, 6) is -0.880. The van der Waals surface area contributed by atoms with E-state index >= 15 is 0 Å². The Morgan fingerprint density at radius 3 is 2.52 bits per heavy atom. The van der Waals surface area contributed by atoms with Gasteiger partial charge in [-0.25, -0.2) is 10.1 Å². The van der Waals surface area contributed by atoms with Gasteiger partial charge in [0.2, 0.25) is 0 Å². The molecule has 0 atom stereocenters. The summed E-state index contributed by atoms with van der Waals surface area (Å²) in [5, 5.41) is 14.0. The highest BCUT2D eigenvalue weighted by Gasteiger charge is 2.15. The van der Waals surface area contributed by atoms with Crippen LogP contribution in [0.5, 0.6) is 0 Å². The molecular weight excluding hydrogens is 346 g/mol. The smallest absolute Gasteiger partial charge is 0.287 e. The van der Waals surface area contributed by atoms with Crippen LogP contribution in [0.15, 0.2) is 69.5 Å². The van der Waals surface area contributed by atoms with E-state index in [1.807, 2.05) is 6.07 Å². The van der Waals surface area contributed by atoms with E-state index in [2.05, 4.69) is 30.8 Å². The van der Waals surface area contributed by atoms with Crippen LogP contribution in [0.4, 0.5) is 0 Å². The Bertz CT molecular complexity index is 1030. The average molecular weight is 363 g/mol. The molecular formula is C19H17N5O3. The SMILES string of the molecule is CC(C)=C(NC(=O)c1ccccc1)C(=O)N/N=C/c1ccc2nonc2c1. The molecule has 8 nitrogen and oxygen atoms in total. The molecule has 0 unspecified atom stereocenters. The van der Waals surface area contributed by atoms with Crippen LogP contribution in [-0.4, -0.2) is 28.3 Å². The molecule has 0 bridgehead atoms. The summed E-state index contributed by atoms with van der Waals surface area (Å²) in [6.45, 7) is 3.46. The van der Waals surface area contributed by atoms with Crippen molar-refractivity contribution in [3.63, 3.8) is 0 Å². The number of nitrogens with zero attached hydrogens (tertiary/aromatic N) is 3. The molecule has 3 aromatic rings. The number of hydrazone groups is 1. The van der Waals surface area contributed by atoms with Crippen molar-refractivity contribution in [2.45, 2.75) is 13.8 Å². The van der Waals surface area contributed by atoms with Crippen molar-refractivity contribution in [2.24, 2.45) is 5.10 Å². The van der Waals surface area contributed by atoms with Gasteiger partial charge in [-0.2, -0.15) is 5.10 Å². The zero-order chi connectivity index (χ0) is 19.2. The molecule has 1 aromatic heterocycles. The number of hydrogen-bond acceptors (Lipinski definition) is 6. The van der Waals surface area contributed by atoms with Crippen LogP contribution in [-0.2, 0) is 4.79 Å². The minimum Gasteiger partial charge on any atom is -0.317 e. The monoisotopic (exact) mass is 363 g/mol. The van der Waals surface area contributed by atoms with Crippen molar-refractivity contribution >= 4 is 29.1 Å². The van der Waals surface area contributed by atoms with Gasteiger partial charge in [-0.1, -0.05) is 24.3 Å². The molecule has 2 amide bonds. The number of aromatic nitrogens is 2. The van der Waals surface area contributed by atoms with Crippen LogP contribution in [0.25, 0.3) is 11.0 Å². The lowest BCUT2D eigenvalue weighted by atomic mass is 10.2. The predicted octanol–water partition coefficient (Wildman–Crippen LogP) is 2.40. The van der Waals surface area contributed by atoms with Crippen LogP contribution in [0.1, 0.15) is 29.8 Å². The van der Waals surface area contributed by atoms with E-state index in [9.17, 15) is 9.59 Å². The lowest BCUT2D eigenvalue weighted by molar-refractivity contribution is -0.117. The third kappa shape index (κ3) is 4.43. The Labute approximate surface area is 154 Å². The van der Waals surface area contributed by atoms with Crippen LogP contribution in [0.2, 0.25) is 0 Å². The quantitative estimate of drug-likeness (QED) is 0.411. The van der Waals surface area contributed by atoms with Crippen molar-refractivity contribution in [2.75, 3.05) is 0 Å². The summed E-state index contributed by atoms with van der Waals surface area (Å²) >= 11 is 0. The first-order valence-electron chi connectivity index (χ1n) is 8.14. The van der Waals surface area contributed by atoms with E-state index in [1.165, 1.54) is 6.21 Å². The topological polar surface area (TPSA) is 109 Å². The Hall–Kier alpha value is -3.81. The first kappa shape index (κ1) is 18.0. The minimum atomic E-state index is -0.514. The Balaban J connectivity index is 1.66. The van der Waals surface area contributed by atoms with Gasteiger partial charge < -0.3 is 5.32 Å². The highest BCUT2D eigenvalue weighted by atomic mass is 16.6. The lowest BCUT2D eigenvalue weighted by Crippen LogP contribution is -2.33. The van der Waals surface area contributed by atoms with E-state index in [4.69, 9.17) is 0 Å². The number of fused-ring (bicyclic) bond motifs is 1. The number of hydrogen-bond donors (Lipinski definition) is 2. The number of allylic oxidation sites excluding steroid dienone is 1. The molecule has 0 fully saturated rings. The van der Waals surface area contributed by atoms with Gasteiger partial charge in [0.1, 0.15) is 16.7 Å². The zero-order valence-electron chi connectivity index (χ0n) is 14.8. The van der Waals surface area contributed by atoms with Crippen molar-refractivity contribution in [3.05, 3.63) is 70.9 Å². The second-order valence-electron chi connectivity index (χ2n) is 5.91. The largest absolute Gasteiger partial charge is 0.317 e. The molecule has 0 saturated heterocycles. The molecule has 2 aromatic carbocycles. The average Bonchev–Trinajstić information content (AvgIpc) is 3.14. The molecule has 0 aliphatic heterocycles. The van der Waals surface area contributed by atoms with Gasteiger partial charge in [0.05, 0.1) is 6.21 Å². The normalized spacial score (nSPS) is 10.7. The number of amides is 2. The van der Waals surface area contributed by atoms with Gasteiger partial charge in [0, 0.05) is 5.56 Å². The van der Waals surface area contributed by atoms with Gasteiger partial charge in [-0.3, -0.25) is 9.59 Å². The van der Waals surface area contributed by atoms with Gasteiger partial charge in [0.15, 0.2) is 0 Å². The van der Waals surface area contributed by atoms with Crippen LogP contribution in [0.3, 0.4) is 0 Å². The van der Waals surface area contributed by atoms with E-state index in [0.717, 1.165) is 0 Å². The van der Waals surface area contributed by atoms with Gasteiger partial charge in [-0.15, -0.1) is 0 Å². The lowest BCUT2D eigenvalue weighted by Gasteiger charge is -2.10. The molecule has 0 saturated carbocycles. The highest BCUT2D eigenvalue weighted by molar-refractivity contribution is 6.03. The summed E-state index contributed by atoms with van der Waals surface area (Å²) < 4.78 is 4.63. The second-order valence-corrected chi connectivity index (χ2v) is 5.91. The molecule has 0 radical (unpaired) electrons. The Morgan fingerprint density at radius 2 is 1.78 bits per heavy atom. The third-order valence-electron chi connectivity index (χ3n) is 3.66. The maximum absolute atomic E-state index is 12.4. The van der Waals surface area contributed by atoms with Crippen molar-refractivity contribution in [3.8, 4) is 0 Å². The van der Waals surface area contributed by atoms with Crippen LogP contribution >= 0.6 is 0 Å². The fourth-order valence-electron chi connectivity index (χ4n) is 2.28. The standard InChI is InChI=1S/C19H17N5O3/c1-12(2)17(21-18(25)14-6-4-3-5-7-14)19(26)22-20-11-13-8-9-15-16(10-13)24-27-23-15/h3-11H,1-2H3,(H,21,25)(H,22,26)/b20-11+. The van der Waals surface area contributed by atoms with Gasteiger partial charge in [0.25, 0.3) is 11.8 Å². The summed E-state index contributed by atoms with van der Waals surface area (Å²) in [6.07, 6.45) is 1.47. The summed E-state index contributed by atoms with van der Waals surface area (Å²) in [7, 11) is 0. The number of nitrogens with one attached hydrogen (secondary N) is 2. The maximum Gasteiger partial charge on any atom is 0.287 e. The van der Waals surface area contributed by atoms with E-state index in [-0.39, 0.29) is 11.6 Å². The molecule has 27 heavy (non-hydrogen) atoms. The highest BCUT2D eigenvalue weighted by Crippen LogP contribution is 2.10. The van der Waals surface area contributed by atoms with E-state index in [1.54, 1.807) is 56.3 Å². The summed E-state index contributed by atoms with van der Waals surface area (Å²) in [6, 6.07) is 13.9. The number of rotatable bonds is 5. The Kier molecular flexibility index (Phi) is 5.36. The minimum absolute atomic E-state index is 0.150. The van der Waals surface area contributed by atoms with E-state index < -0.39 is 5.91 Å². The molecule has 0 aliphatic carbocycles.